The number of nitrogens with two attached hydrogens (primary N) is 1. The standard InChI is InChI=1S/C10H10ClNS/c11-5-4-7-6-8-9(12)2-1-3-10(8)13-7/h1-3,6H,4-5,12H2. The van der Waals surface area contributed by atoms with Crippen molar-refractivity contribution in [2.24, 2.45) is 0 Å². The molecule has 0 bridgehead atoms. The van der Waals surface area contributed by atoms with Crippen LogP contribution in [0.3, 0.4) is 0 Å². The van der Waals surface area contributed by atoms with Gasteiger partial charge in [0.1, 0.15) is 0 Å². The van der Waals surface area contributed by atoms with E-state index in [1.54, 1.807) is 11.3 Å². The third-order valence-corrected chi connectivity index (χ3v) is 3.34. The minimum atomic E-state index is 0.673. The molecular weight excluding hydrogens is 202 g/mol. The Bertz CT molecular complexity index is 422. The summed E-state index contributed by atoms with van der Waals surface area (Å²) in [5.41, 5.74) is 6.70. The Morgan fingerprint density at radius 1 is 1.38 bits per heavy atom. The van der Waals surface area contributed by atoms with Gasteiger partial charge in [-0.2, -0.15) is 0 Å². The van der Waals surface area contributed by atoms with Crippen LogP contribution in [-0.2, 0) is 6.42 Å². The first-order valence-electron chi connectivity index (χ1n) is 4.14. The maximum atomic E-state index is 5.84. The second-order valence-corrected chi connectivity index (χ2v) is 4.46. The first kappa shape index (κ1) is 8.85. The van der Waals surface area contributed by atoms with E-state index in [2.05, 4.69) is 12.1 Å². The summed E-state index contributed by atoms with van der Waals surface area (Å²) in [6.07, 6.45) is 0.931. The molecule has 0 radical (unpaired) electrons. The molecule has 2 N–H and O–H groups in total. The van der Waals surface area contributed by atoms with Gasteiger partial charge in [0.25, 0.3) is 0 Å². The molecule has 0 unspecified atom stereocenters. The highest BCUT2D eigenvalue weighted by Gasteiger charge is 2.02. The van der Waals surface area contributed by atoms with Crippen molar-refractivity contribution in [3.05, 3.63) is 29.1 Å². The third-order valence-electron chi connectivity index (χ3n) is 1.99. The Labute approximate surface area is 86.1 Å². The third kappa shape index (κ3) is 1.64. The van der Waals surface area contributed by atoms with E-state index in [1.807, 2.05) is 12.1 Å². The van der Waals surface area contributed by atoms with Gasteiger partial charge in [-0.1, -0.05) is 6.07 Å². The van der Waals surface area contributed by atoms with Gasteiger partial charge in [0.05, 0.1) is 0 Å². The molecule has 0 aliphatic heterocycles. The van der Waals surface area contributed by atoms with Crippen molar-refractivity contribution in [2.45, 2.75) is 6.42 Å². The molecular formula is C10H10ClNS. The fraction of sp³-hybridized carbons (Fsp3) is 0.200. The van der Waals surface area contributed by atoms with Crippen LogP contribution in [0.25, 0.3) is 10.1 Å². The van der Waals surface area contributed by atoms with Gasteiger partial charge in [0, 0.05) is 26.5 Å². The summed E-state index contributed by atoms with van der Waals surface area (Å²) >= 11 is 7.45. The molecule has 0 amide bonds. The number of fused-ring (bicyclic) bond motifs is 1. The second kappa shape index (κ2) is 3.56. The molecule has 0 aliphatic rings. The van der Waals surface area contributed by atoms with Crippen LogP contribution in [0.1, 0.15) is 4.88 Å². The molecule has 1 aromatic carbocycles. The van der Waals surface area contributed by atoms with Gasteiger partial charge in [0.15, 0.2) is 0 Å². The van der Waals surface area contributed by atoms with Crippen LogP contribution in [0, 0.1) is 0 Å². The van der Waals surface area contributed by atoms with E-state index in [0.29, 0.717) is 5.88 Å². The fourth-order valence-electron chi connectivity index (χ4n) is 1.35. The Morgan fingerprint density at radius 2 is 2.23 bits per heavy atom. The van der Waals surface area contributed by atoms with Gasteiger partial charge >= 0.3 is 0 Å². The number of nitrogen functional groups attached to an aromatic ring is 1. The maximum Gasteiger partial charge on any atom is 0.0402 e. The van der Waals surface area contributed by atoms with Crippen LogP contribution in [0.15, 0.2) is 24.3 Å². The first-order chi connectivity index (χ1) is 6.31. The molecule has 3 heteroatoms. The zero-order valence-corrected chi connectivity index (χ0v) is 8.66. The molecule has 13 heavy (non-hydrogen) atoms. The van der Waals surface area contributed by atoms with Crippen molar-refractivity contribution in [3.63, 3.8) is 0 Å². The van der Waals surface area contributed by atoms with Crippen molar-refractivity contribution >= 4 is 38.7 Å². The molecule has 0 saturated heterocycles. The van der Waals surface area contributed by atoms with Gasteiger partial charge in [-0.15, -0.1) is 22.9 Å². The van der Waals surface area contributed by atoms with Crippen LogP contribution in [0.4, 0.5) is 5.69 Å². The molecule has 0 spiro atoms. The largest absolute Gasteiger partial charge is 0.398 e. The molecule has 0 fully saturated rings. The predicted octanol–water partition coefficient (Wildman–Crippen LogP) is 3.26. The summed E-state index contributed by atoms with van der Waals surface area (Å²) in [5.74, 6) is 0.673. The molecule has 2 aromatic rings. The average Bonchev–Trinajstić information content (AvgIpc) is 2.49. The highest BCUT2D eigenvalue weighted by atomic mass is 35.5. The monoisotopic (exact) mass is 211 g/mol. The van der Waals surface area contributed by atoms with E-state index in [1.165, 1.54) is 9.58 Å². The number of aryl methyl sites for hydroxylation is 1. The van der Waals surface area contributed by atoms with Crippen molar-refractivity contribution in [3.8, 4) is 0 Å². The summed E-state index contributed by atoms with van der Waals surface area (Å²) in [6.45, 7) is 0. The van der Waals surface area contributed by atoms with Crippen molar-refractivity contribution < 1.29 is 0 Å². The lowest BCUT2D eigenvalue weighted by atomic mass is 10.2. The minimum absolute atomic E-state index is 0.673. The molecule has 2 rings (SSSR count). The molecule has 1 nitrogen and oxygen atoms in total. The van der Waals surface area contributed by atoms with Crippen molar-refractivity contribution in [2.75, 3.05) is 11.6 Å². The SMILES string of the molecule is Nc1cccc2sc(CCCl)cc12. The Balaban J connectivity index is 2.55. The predicted molar refractivity (Wildman–Crippen MR) is 60.7 cm³/mol. The number of rotatable bonds is 2. The number of anilines is 1. The minimum Gasteiger partial charge on any atom is -0.398 e. The molecule has 0 saturated carbocycles. The van der Waals surface area contributed by atoms with Gasteiger partial charge in [-0.3, -0.25) is 0 Å². The van der Waals surface area contributed by atoms with Gasteiger partial charge < -0.3 is 5.73 Å². The van der Waals surface area contributed by atoms with Crippen LogP contribution in [0.2, 0.25) is 0 Å². The van der Waals surface area contributed by atoms with Crippen LogP contribution in [-0.4, -0.2) is 5.88 Å². The summed E-state index contributed by atoms with van der Waals surface area (Å²) in [5, 5.41) is 1.16. The van der Waals surface area contributed by atoms with E-state index in [9.17, 15) is 0 Å². The number of thiophene rings is 1. The number of hydrogen-bond acceptors (Lipinski definition) is 2. The van der Waals surface area contributed by atoms with Crippen LogP contribution < -0.4 is 5.73 Å². The van der Waals surface area contributed by atoms with Crippen molar-refractivity contribution in [1.29, 1.82) is 0 Å². The fourth-order valence-corrected chi connectivity index (χ4v) is 2.76. The van der Waals surface area contributed by atoms with Crippen LogP contribution in [0.5, 0.6) is 0 Å². The smallest absolute Gasteiger partial charge is 0.0402 e. The Morgan fingerprint density at radius 3 is 2.92 bits per heavy atom. The summed E-state index contributed by atoms with van der Waals surface area (Å²) in [4.78, 5) is 1.31. The van der Waals surface area contributed by atoms with E-state index < -0.39 is 0 Å². The quantitative estimate of drug-likeness (QED) is 0.599. The van der Waals surface area contributed by atoms with Gasteiger partial charge in [0.2, 0.25) is 0 Å². The van der Waals surface area contributed by atoms with Crippen LogP contribution >= 0.6 is 22.9 Å². The Kier molecular flexibility index (Phi) is 2.42. The average molecular weight is 212 g/mol. The maximum absolute atomic E-state index is 5.84. The molecule has 1 aromatic heterocycles. The molecule has 0 atom stereocenters. The van der Waals surface area contributed by atoms with E-state index in [4.69, 9.17) is 17.3 Å². The molecule has 68 valence electrons. The topological polar surface area (TPSA) is 26.0 Å². The summed E-state index contributed by atoms with van der Waals surface area (Å²) in [7, 11) is 0. The lowest BCUT2D eigenvalue weighted by Crippen LogP contribution is -1.83. The highest BCUT2D eigenvalue weighted by Crippen LogP contribution is 2.29. The van der Waals surface area contributed by atoms with E-state index >= 15 is 0 Å². The number of hydrogen-bond donors (Lipinski definition) is 1. The summed E-state index contributed by atoms with van der Waals surface area (Å²) < 4.78 is 1.25. The molecule has 0 aliphatic carbocycles. The molecule has 1 heterocycles. The zero-order chi connectivity index (χ0) is 9.26. The highest BCUT2D eigenvalue weighted by molar-refractivity contribution is 7.19. The second-order valence-electron chi connectivity index (χ2n) is 2.91. The summed E-state index contributed by atoms with van der Waals surface area (Å²) in [6, 6.07) is 8.14. The number of halogens is 1. The van der Waals surface area contributed by atoms with E-state index in [0.717, 1.165) is 17.5 Å². The zero-order valence-electron chi connectivity index (χ0n) is 7.09. The van der Waals surface area contributed by atoms with E-state index in [-0.39, 0.29) is 0 Å². The first-order valence-corrected chi connectivity index (χ1v) is 5.49. The van der Waals surface area contributed by atoms with Gasteiger partial charge in [-0.25, -0.2) is 0 Å². The van der Waals surface area contributed by atoms with Gasteiger partial charge in [-0.05, 0) is 24.6 Å². The number of benzene rings is 1. The lowest BCUT2D eigenvalue weighted by Gasteiger charge is -1.92. The van der Waals surface area contributed by atoms with Crippen molar-refractivity contribution in [1.82, 2.24) is 0 Å². The normalized spacial score (nSPS) is 10.8. The number of alkyl halides is 1. The Hall–Kier alpha value is -0.730. The lowest BCUT2D eigenvalue weighted by molar-refractivity contribution is 1.20.